The van der Waals surface area contributed by atoms with Crippen LogP contribution in [0.2, 0.25) is 0 Å². The van der Waals surface area contributed by atoms with Gasteiger partial charge < -0.3 is 15.2 Å². The summed E-state index contributed by atoms with van der Waals surface area (Å²) in [6.07, 6.45) is 53.0. The summed E-state index contributed by atoms with van der Waals surface area (Å²) < 4.78 is 6.05. The number of carboxylic acid groups (broad SMARTS) is 1. The van der Waals surface area contributed by atoms with Crippen LogP contribution < -0.4 is 5.32 Å². The van der Waals surface area contributed by atoms with Gasteiger partial charge in [-0.25, -0.2) is 0 Å². The SMILES string of the molecule is CCCCCC/C=C\C/C=C\CCCCCCCCCC(=O)OC(CCCCCCCCCCCCCCCC)CCCCCCCC(=O)NCC(=O)O. The lowest BCUT2D eigenvalue weighted by molar-refractivity contribution is -0.150. The van der Waals surface area contributed by atoms with Crippen LogP contribution in [0, 0.1) is 0 Å². The van der Waals surface area contributed by atoms with Gasteiger partial charge in [-0.15, -0.1) is 0 Å². The average Bonchev–Trinajstić information content (AvgIpc) is 3.16. The lowest BCUT2D eigenvalue weighted by Gasteiger charge is -2.18. The quantitative estimate of drug-likeness (QED) is 0.0367. The van der Waals surface area contributed by atoms with E-state index in [4.69, 9.17) is 9.84 Å². The average molecular weight is 760 g/mol. The van der Waals surface area contributed by atoms with Crippen molar-refractivity contribution >= 4 is 17.8 Å². The fraction of sp³-hybridized carbons (Fsp3) is 0.854. The first-order valence-corrected chi connectivity index (χ1v) is 23.5. The van der Waals surface area contributed by atoms with E-state index in [0.717, 1.165) is 70.6 Å². The summed E-state index contributed by atoms with van der Waals surface area (Å²) in [5, 5.41) is 11.1. The maximum Gasteiger partial charge on any atom is 0.322 e. The molecule has 0 spiro atoms. The van der Waals surface area contributed by atoms with E-state index in [2.05, 4.69) is 43.5 Å². The Kier molecular flexibility index (Phi) is 41.9. The molecule has 0 aromatic heterocycles. The van der Waals surface area contributed by atoms with E-state index in [1.807, 2.05) is 0 Å². The Morgan fingerprint density at radius 1 is 0.481 bits per heavy atom. The van der Waals surface area contributed by atoms with Crippen molar-refractivity contribution in [3.8, 4) is 0 Å². The van der Waals surface area contributed by atoms with E-state index in [9.17, 15) is 14.4 Å². The van der Waals surface area contributed by atoms with E-state index < -0.39 is 5.97 Å². The Morgan fingerprint density at radius 3 is 1.30 bits per heavy atom. The van der Waals surface area contributed by atoms with Crippen molar-refractivity contribution in [3.05, 3.63) is 24.3 Å². The molecular weight excluding hydrogens is 671 g/mol. The molecule has 0 aromatic rings. The predicted octanol–water partition coefficient (Wildman–Crippen LogP) is 14.7. The zero-order chi connectivity index (χ0) is 39.4. The first-order chi connectivity index (χ1) is 26.5. The number of allylic oxidation sites excluding steroid dienone is 4. The summed E-state index contributed by atoms with van der Waals surface area (Å²) in [6.45, 7) is 4.23. The van der Waals surface area contributed by atoms with Crippen LogP contribution >= 0.6 is 0 Å². The number of nitrogens with one attached hydrogen (secondary N) is 1. The van der Waals surface area contributed by atoms with Gasteiger partial charge >= 0.3 is 11.9 Å². The molecule has 316 valence electrons. The molecule has 0 bridgehead atoms. The molecule has 0 fully saturated rings. The number of amides is 1. The summed E-state index contributed by atoms with van der Waals surface area (Å²) in [5.74, 6) is -1.22. The molecule has 0 rings (SSSR count). The van der Waals surface area contributed by atoms with Gasteiger partial charge in [-0.3, -0.25) is 14.4 Å². The third-order valence-corrected chi connectivity index (χ3v) is 10.6. The second kappa shape index (κ2) is 43.6. The van der Waals surface area contributed by atoms with E-state index >= 15 is 0 Å². The van der Waals surface area contributed by atoms with Crippen LogP contribution in [0.15, 0.2) is 24.3 Å². The highest BCUT2D eigenvalue weighted by molar-refractivity contribution is 5.80. The molecule has 0 aromatic carbocycles. The Balaban J connectivity index is 4.14. The fourth-order valence-corrected chi connectivity index (χ4v) is 7.14. The molecule has 6 heteroatoms. The van der Waals surface area contributed by atoms with Gasteiger partial charge in [0.15, 0.2) is 0 Å². The molecule has 1 atom stereocenters. The highest BCUT2D eigenvalue weighted by Gasteiger charge is 2.14. The van der Waals surface area contributed by atoms with Crippen molar-refractivity contribution < 1.29 is 24.2 Å². The van der Waals surface area contributed by atoms with E-state index in [1.165, 1.54) is 154 Å². The summed E-state index contributed by atoms with van der Waals surface area (Å²) in [5.41, 5.74) is 0. The van der Waals surface area contributed by atoms with Crippen LogP contribution in [0.3, 0.4) is 0 Å². The summed E-state index contributed by atoms with van der Waals surface area (Å²) in [7, 11) is 0. The first kappa shape index (κ1) is 51.9. The van der Waals surface area contributed by atoms with Gasteiger partial charge in [0.1, 0.15) is 12.6 Å². The van der Waals surface area contributed by atoms with Gasteiger partial charge in [0.25, 0.3) is 0 Å². The van der Waals surface area contributed by atoms with Crippen molar-refractivity contribution in [2.24, 2.45) is 0 Å². The highest BCUT2D eigenvalue weighted by atomic mass is 16.5. The summed E-state index contributed by atoms with van der Waals surface area (Å²) >= 11 is 0. The Labute approximate surface area is 334 Å². The van der Waals surface area contributed by atoms with Crippen LogP contribution in [0.25, 0.3) is 0 Å². The maximum absolute atomic E-state index is 12.8. The molecule has 54 heavy (non-hydrogen) atoms. The Hall–Kier alpha value is -2.11. The number of hydrogen-bond donors (Lipinski definition) is 2. The van der Waals surface area contributed by atoms with Crippen molar-refractivity contribution in [1.29, 1.82) is 0 Å². The van der Waals surface area contributed by atoms with Crippen molar-refractivity contribution in [2.45, 2.75) is 258 Å². The van der Waals surface area contributed by atoms with Gasteiger partial charge in [0, 0.05) is 12.8 Å². The number of rotatable bonds is 43. The van der Waals surface area contributed by atoms with Crippen LogP contribution in [0.1, 0.15) is 251 Å². The number of hydrogen-bond acceptors (Lipinski definition) is 4. The van der Waals surface area contributed by atoms with Gasteiger partial charge in [-0.2, -0.15) is 0 Å². The molecule has 1 amide bonds. The van der Waals surface area contributed by atoms with Crippen LogP contribution in [0.5, 0.6) is 0 Å². The zero-order valence-electron chi connectivity index (χ0n) is 35.8. The van der Waals surface area contributed by atoms with Crippen molar-refractivity contribution in [1.82, 2.24) is 5.32 Å². The number of ether oxygens (including phenoxy) is 1. The third kappa shape index (κ3) is 42.6. The summed E-state index contributed by atoms with van der Waals surface area (Å²) in [4.78, 5) is 35.1. The van der Waals surface area contributed by atoms with Crippen molar-refractivity contribution in [2.75, 3.05) is 6.54 Å². The molecule has 0 aliphatic rings. The molecule has 0 saturated heterocycles. The Morgan fingerprint density at radius 2 is 0.852 bits per heavy atom. The lowest BCUT2D eigenvalue weighted by atomic mass is 10.0. The predicted molar refractivity (Wildman–Crippen MR) is 231 cm³/mol. The highest BCUT2D eigenvalue weighted by Crippen LogP contribution is 2.19. The molecule has 0 aliphatic heterocycles. The number of carbonyl (C=O) groups is 3. The number of esters is 1. The van der Waals surface area contributed by atoms with E-state index in [1.54, 1.807) is 0 Å². The van der Waals surface area contributed by atoms with Crippen LogP contribution in [-0.2, 0) is 19.1 Å². The second-order valence-electron chi connectivity index (χ2n) is 16.0. The number of carbonyl (C=O) groups excluding carboxylic acids is 2. The molecular formula is C48H89NO5. The summed E-state index contributed by atoms with van der Waals surface area (Å²) in [6, 6.07) is 0. The third-order valence-electron chi connectivity index (χ3n) is 10.6. The normalized spacial score (nSPS) is 12.2. The van der Waals surface area contributed by atoms with Crippen molar-refractivity contribution in [3.63, 3.8) is 0 Å². The first-order valence-electron chi connectivity index (χ1n) is 23.5. The minimum Gasteiger partial charge on any atom is -0.480 e. The zero-order valence-corrected chi connectivity index (χ0v) is 35.8. The number of aliphatic carboxylic acids is 1. The molecule has 2 N–H and O–H groups in total. The standard InChI is InChI=1S/C48H89NO5/c1-3-5-7-9-11-13-15-17-19-20-21-22-24-26-28-30-35-39-43-48(53)54-45(41-37-33-31-34-38-42-46(50)49-44-47(51)52)40-36-32-29-27-25-23-18-16-14-12-10-8-6-4-2/h13,15,19-20,45H,3-12,14,16-18,21-44H2,1-2H3,(H,49,50)(H,51,52)/b15-13-,20-19-. The minimum atomic E-state index is -1.01. The van der Waals surface area contributed by atoms with E-state index in [0.29, 0.717) is 12.8 Å². The number of carboxylic acids is 1. The maximum atomic E-state index is 12.8. The van der Waals surface area contributed by atoms with Crippen LogP contribution in [-0.4, -0.2) is 35.6 Å². The van der Waals surface area contributed by atoms with Gasteiger partial charge in [0.05, 0.1) is 0 Å². The minimum absolute atomic E-state index is 0.0177. The monoisotopic (exact) mass is 760 g/mol. The smallest absolute Gasteiger partial charge is 0.322 e. The molecule has 1 unspecified atom stereocenters. The molecule has 0 radical (unpaired) electrons. The van der Waals surface area contributed by atoms with Gasteiger partial charge in [-0.1, -0.05) is 192 Å². The largest absolute Gasteiger partial charge is 0.480 e. The fourth-order valence-electron chi connectivity index (χ4n) is 7.14. The number of unbranched alkanes of at least 4 members (excludes halogenated alkanes) is 28. The Bertz CT molecular complexity index is 884. The topological polar surface area (TPSA) is 92.7 Å². The second-order valence-corrected chi connectivity index (χ2v) is 16.0. The molecule has 0 saturated carbocycles. The van der Waals surface area contributed by atoms with Crippen LogP contribution in [0.4, 0.5) is 0 Å². The van der Waals surface area contributed by atoms with Gasteiger partial charge in [0.2, 0.25) is 5.91 Å². The molecule has 0 aliphatic carbocycles. The lowest BCUT2D eigenvalue weighted by Crippen LogP contribution is -2.28. The molecule has 0 heterocycles. The van der Waals surface area contributed by atoms with Gasteiger partial charge in [-0.05, 0) is 70.6 Å². The molecule has 6 nitrogen and oxygen atoms in total. The van der Waals surface area contributed by atoms with E-state index in [-0.39, 0.29) is 24.5 Å².